The average Bonchev–Trinajstić information content (AvgIpc) is 4.08. The van der Waals surface area contributed by atoms with Gasteiger partial charge < -0.3 is 9.47 Å². The first-order chi connectivity index (χ1) is 37.2. The topological polar surface area (TPSA) is 8.17 Å². The molecule has 350 valence electrons. The molecule has 13 aromatic carbocycles. The third-order valence-electron chi connectivity index (χ3n) is 15.3. The molecular formula is C72H46N2S. The summed E-state index contributed by atoms with van der Waals surface area (Å²) in [4.78, 5) is 2.49. The van der Waals surface area contributed by atoms with Crippen molar-refractivity contribution >= 4 is 103 Å². The molecule has 3 heteroatoms. The van der Waals surface area contributed by atoms with Crippen LogP contribution in [0.1, 0.15) is 0 Å². The van der Waals surface area contributed by atoms with Crippen molar-refractivity contribution in [2.24, 2.45) is 0 Å². The number of hydrogen-bond acceptors (Lipinski definition) is 2. The lowest BCUT2D eigenvalue weighted by Crippen LogP contribution is -2.10. The van der Waals surface area contributed by atoms with Crippen molar-refractivity contribution in [1.82, 2.24) is 4.57 Å². The van der Waals surface area contributed by atoms with E-state index < -0.39 is 0 Å². The van der Waals surface area contributed by atoms with E-state index in [1.54, 1.807) is 0 Å². The second-order valence-electron chi connectivity index (χ2n) is 19.6. The van der Waals surface area contributed by atoms with Crippen molar-refractivity contribution in [1.29, 1.82) is 0 Å². The SMILES string of the molecule is c1cc(-c2ccc(N(c3cccc(-c4cccc5c4c4ccccc4n5-c4cccc5ccccc45)c3)c3ccc(-c4cccc5ccccc45)c4sc5ccccc5c34)cc2)cc(-c2ccc3ccccc3c2)c1. The van der Waals surface area contributed by atoms with Gasteiger partial charge in [0.15, 0.2) is 0 Å². The molecule has 75 heavy (non-hydrogen) atoms. The van der Waals surface area contributed by atoms with Gasteiger partial charge in [0.25, 0.3) is 0 Å². The first-order valence-corrected chi connectivity index (χ1v) is 26.5. The van der Waals surface area contributed by atoms with Crippen LogP contribution in [0.15, 0.2) is 279 Å². The van der Waals surface area contributed by atoms with E-state index in [1.165, 1.54) is 119 Å². The Morgan fingerprint density at radius 1 is 0.293 bits per heavy atom. The highest BCUT2D eigenvalue weighted by Crippen LogP contribution is 2.50. The Morgan fingerprint density at radius 3 is 1.73 bits per heavy atom. The van der Waals surface area contributed by atoms with Crippen molar-refractivity contribution < 1.29 is 0 Å². The van der Waals surface area contributed by atoms with Crippen molar-refractivity contribution in [2.75, 3.05) is 4.90 Å². The van der Waals surface area contributed by atoms with Crippen molar-refractivity contribution in [3.8, 4) is 50.2 Å². The number of aromatic nitrogens is 1. The lowest BCUT2D eigenvalue weighted by Gasteiger charge is -2.28. The lowest BCUT2D eigenvalue weighted by atomic mass is 9.95. The van der Waals surface area contributed by atoms with E-state index in [0.717, 1.165) is 22.6 Å². The molecule has 0 unspecified atom stereocenters. The Hall–Kier alpha value is -9.54. The summed E-state index contributed by atoms with van der Waals surface area (Å²) in [6, 6.07) is 103. The lowest BCUT2D eigenvalue weighted by molar-refractivity contribution is 1.20. The number of para-hydroxylation sites is 1. The summed E-state index contributed by atoms with van der Waals surface area (Å²) in [6.45, 7) is 0. The maximum Gasteiger partial charge on any atom is 0.0555 e. The van der Waals surface area contributed by atoms with Gasteiger partial charge in [0.05, 0.1) is 22.4 Å². The number of hydrogen-bond donors (Lipinski definition) is 0. The summed E-state index contributed by atoms with van der Waals surface area (Å²) in [5.41, 5.74) is 16.5. The number of thiophene rings is 1. The van der Waals surface area contributed by atoms with Crippen molar-refractivity contribution in [3.63, 3.8) is 0 Å². The van der Waals surface area contributed by atoms with E-state index in [2.05, 4.69) is 289 Å². The van der Waals surface area contributed by atoms with Gasteiger partial charge in [-0.05, 0) is 133 Å². The van der Waals surface area contributed by atoms with E-state index in [-0.39, 0.29) is 0 Å². The van der Waals surface area contributed by atoms with Crippen LogP contribution < -0.4 is 4.90 Å². The van der Waals surface area contributed by atoms with Gasteiger partial charge in [0, 0.05) is 53.3 Å². The van der Waals surface area contributed by atoms with E-state index in [0.29, 0.717) is 0 Å². The van der Waals surface area contributed by atoms with Gasteiger partial charge in [0.2, 0.25) is 0 Å². The van der Waals surface area contributed by atoms with Gasteiger partial charge in [-0.25, -0.2) is 0 Å². The molecule has 0 amide bonds. The van der Waals surface area contributed by atoms with E-state index in [9.17, 15) is 0 Å². The predicted octanol–water partition coefficient (Wildman–Crippen LogP) is 20.7. The summed E-state index contributed by atoms with van der Waals surface area (Å²) in [5.74, 6) is 0. The molecule has 2 nitrogen and oxygen atoms in total. The van der Waals surface area contributed by atoms with E-state index >= 15 is 0 Å². The van der Waals surface area contributed by atoms with Gasteiger partial charge in [-0.15, -0.1) is 11.3 Å². The van der Waals surface area contributed by atoms with Crippen LogP contribution in [-0.4, -0.2) is 4.57 Å². The zero-order valence-corrected chi connectivity index (χ0v) is 41.7. The Morgan fingerprint density at radius 2 is 0.880 bits per heavy atom. The van der Waals surface area contributed by atoms with Crippen LogP contribution >= 0.6 is 11.3 Å². The fourth-order valence-electron chi connectivity index (χ4n) is 11.9. The third-order valence-corrected chi connectivity index (χ3v) is 16.6. The van der Waals surface area contributed by atoms with Crippen LogP contribution in [0.25, 0.3) is 124 Å². The molecule has 0 saturated heterocycles. The first-order valence-electron chi connectivity index (χ1n) is 25.7. The second-order valence-corrected chi connectivity index (χ2v) is 20.6. The molecule has 0 atom stereocenters. The standard InChI is InChI=1S/C72H46N2S/c1-2-19-51-45-54(37-36-47(51)16-1)53-23-11-22-52(44-53)48-38-40-56(41-39-48)73(68-43-42-62(61-31-13-20-49-17-3-5-26-58(49)61)72-71(68)64-29-8-10-35-69(64)75-72)57-25-12-24-55(46-57)60-30-15-34-67-70(60)63-28-7-9-32-66(63)74(67)65-33-14-21-50-18-4-6-27-59(50)65/h1-46H. The highest BCUT2D eigenvalue weighted by Gasteiger charge is 2.24. The number of rotatable bonds is 8. The Bertz CT molecular complexity index is 4720. The minimum atomic E-state index is 1.09. The molecule has 0 aliphatic heterocycles. The van der Waals surface area contributed by atoms with Crippen LogP contribution in [0.2, 0.25) is 0 Å². The molecule has 2 aromatic heterocycles. The number of anilines is 3. The first kappa shape index (κ1) is 43.1. The zero-order valence-electron chi connectivity index (χ0n) is 40.9. The minimum absolute atomic E-state index is 1.09. The monoisotopic (exact) mass is 970 g/mol. The fourth-order valence-corrected chi connectivity index (χ4v) is 13.1. The Labute approximate surface area is 438 Å². The van der Waals surface area contributed by atoms with Gasteiger partial charge in [-0.3, -0.25) is 0 Å². The highest BCUT2D eigenvalue weighted by atomic mass is 32.1. The van der Waals surface area contributed by atoms with E-state index in [4.69, 9.17) is 0 Å². The molecule has 15 aromatic rings. The van der Waals surface area contributed by atoms with Gasteiger partial charge in [0.1, 0.15) is 0 Å². The summed E-state index contributed by atoms with van der Waals surface area (Å²) in [5, 5.41) is 12.4. The quantitative estimate of drug-likeness (QED) is 0.147. The smallest absolute Gasteiger partial charge is 0.0555 e. The molecule has 0 fully saturated rings. The average molecular weight is 971 g/mol. The van der Waals surface area contributed by atoms with Gasteiger partial charge >= 0.3 is 0 Å². The second kappa shape index (κ2) is 17.6. The van der Waals surface area contributed by atoms with Crippen LogP contribution in [0.4, 0.5) is 17.1 Å². The molecule has 0 aliphatic rings. The van der Waals surface area contributed by atoms with Gasteiger partial charge in [-0.1, -0.05) is 212 Å². The molecule has 2 heterocycles. The summed E-state index contributed by atoms with van der Waals surface area (Å²) in [7, 11) is 0. The van der Waals surface area contributed by atoms with Crippen LogP contribution in [0, 0.1) is 0 Å². The fraction of sp³-hybridized carbons (Fsp3) is 0. The normalized spacial score (nSPS) is 11.7. The number of benzene rings is 13. The highest BCUT2D eigenvalue weighted by molar-refractivity contribution is 7.26. The Balaban J connectivity index is 0.926. The molecule has 0 bridgehead atoms. The molecule has 0 radical (unpaired) electrons. The van der Waals surface area contributed by atoms with Crippen molar-refractivity contribution in [3.05, 3.63) is 279 Å². The molecule has 0 N–H and O–H groups in total. The van der Waals surface area contributed by atoms with Gasteiger partial charge in [-0.2, -0.15) is 0 Å². The number of fused-ring (bicyclic) bond motifs is 9. The molecule has 0 spiro atoms. The van der Waals surface area contributed by atoms with Crippen LogP contribution in [-0.2, 0) is 0 Å². The summed E-state index contributed by atoms with van der Waals surface area (Å²) in [6.07, 6.45) is 0. The predicted molar refractivity (Wildman–Crippen MR) is 323 cm³/mol. The molecule has 0 saturated carbocycles. The van der Waals surface area contributed by atoms with Crippen molar-refractivity contribution in [2.45, 2.75) is 0 Å². The molecule has 0 aliphatic carbocycles. The van der Waals surface area contributed by atoms with Crippen LogP contribution in [0.3, 0.4) is 0 Å². The molecular weight excluding hydrogens is 925 g/mol. The Kier molecular flexibility index (Phi) is 10.1. The molecule has 15 rings (SSSR count). The maximum atomic E-state index is 2.49. The third kappa shape index (κ3) is 7.16. The van der Waals surface area contributed by atoms with E-state index in [1.807, 2.05) is 11.3 Å². The maximum absolute atomic E-state index is 2.49. The number of nitrogens with zero attached hydrogens (tertiary/aromatic N) is 2. The summed E-state index contributed by atoms with van der Waals surface area (Å²) < 4.78 is 5.01. The largest absolute Gasteiger partial charge is 0.310 e. The summed E-state index contributed by atoms with van der Waals surface area (Å²) >= 11 is 1.89. The minimum Gasteiger partial charge on any atom is -0.310 e. The van der Waals surface area contributed by atoms with Crippen LogP contribution in [0.5, 0.6) is 0 Å². The zero-order chi connectivity index (χ0) is 49.4.